The molecule has 0 heterocycles. The van der Waals surface area contributed by atoms with E-state index in [1.54, 1.807) is 6.92 Å². The number of carbonyl (C=O) groups excluding carboxylic acids is 1. The lowest BCUT2D eigenvalue weighted by Crippen LogP contribution is -2.44. The van der Waals surface area contributed by atoms with E-state index in [1.165, 1.54) is 0 Å². The van der Waals surface area contributed by atoms with Gasteiger partial charge in [0.05, 0.1) is 0 Å². The highest BCUT2D eigenvalue weighted by Crippen LogP contribution is 2.27. The van der Waals surface area contributed by atoms with Crippen molar-refractivity contribution in [2.24, 2.45) is 11.8 Å². The van der Waals surface area contributed by atoms with Gasteiger partial charge in [0.2, 0.25) is 0 Å². The summed E-state index contributed by atoms with van der Waals surface area (Å²) in [4.78, 5) is 10.9. The highest BCUT2D eigenvalue weighted by molar-refractivity contribution is 5.79. The van der Waals surface area contributed by atoms with Gasteiger partial charge >= 0.3 is 0 Å². The lowest BCUT2D eigenvalue weighted by molar-refractivity contribution is -0.123. The largest absolute Gasteiger partial charge is 0.314 e. The van der Waals surface area contributed by atoms with Gasteiger partial charge in [0, 0.05) is 12.0 Å². The Morgan fingerprint density at radius 2 is 2.08 bits per heavy atom. The lowest BCUT2D eigenvalue weighted by Gasteiger charge is -2.34. The molecule has 1 aliphatic carbocycles. The molecule has 12 heavy (non-hydrogen) atoms. The van der Waals surface area contributed by atoms with E-state index in [1.807, 2.05) is 0 Å². The van der Waals surface area contributed by atoms with E-state index >= 15 is 0 Å². The van der Waals surface area contributed by atoms with Crippen LogP contribution in [0.25, 0.3) is 0 Å². The number of nitrogens with one attached hydrogen (secondary N) is 1. The molecule has 2 heteroatoms. The van der Waals surface area contributed by atoms with Gasteiger partial charge in [-0.15, -0.1) is 0 Å². The van der Waals surface area contributed by atoms with Gasteiger partial charge in [-0.2, -0.15) is 0 Å². The Hall–Kier alpha value is -0.370. The second-order valence-electron chi connectivity index (χ2n) is 4.28. The van der Waals surface area contributed by atoms with Crippen LogP contribution in [0.4, 0.5) is 0 Å². The van der Waals surface area contributed by atoms with Crippen molar-refractivity contribution in [3.8, 4) is 0 Å². The van der Waals surface area contributed by atoms with Gasteiger partial charge < -0.3 is 5.32 Å². The Morgan fingerprint density at radius 3 is 2.50 bits per heavy atom. The van der Waals surface area contributed by atoms with Crippen molar-refractivity contribution in [3.05, 3.63) is 0 Å². The summed E-state index contributed by atoms with van der Waals surface area (Å²) in [6.45, 7) is 7.18. The number of hydrogen-bond donors (Lipinski definition) is 1. The molecular formula is C10H19NO. The van der Waals surface area contributed by atoms with Crippen LogP contribution in [0.5, 0.6) is 0 Å². The zero-order valence-electron chi connectivity index (χ0n) is 8.26. The average molecular weight is 169 g/mol. The number of ketones is 1. The first-order valence-corrected chi connectivity index (χ1v) is 4.83. The maximum atomic E-state index is 10.9. The van der Waals surface area contributed by atoms with Crippen LogP contribution in [-0.2, 0) is 4.79 Å². The van der Waals surface area contributed by atoms with Gasteiger partial charge in [0.15, 0.2) is 0 Å². The van der Waals surface area contributed by atoms with E-state index in [0.29, 0.717) is 23.7 Å². The molecule has 2 nitrogen and oxygen atoms in total. The fraction of sp³-hybridized carbons (Fsp3) is 0.900. The number of hydrogen-bond acceptors (Lipinski definition) is 2. The molecule has 0 aliphatic heterocycles. The molecule has 70 valence electrons. The van der Waals surface area contributed by atoms with Crippen molar-refractivity contribution >= 4 is 5.78 Å². The predicted octanol–water partition coefficient (Wildman–Crippen LogP) is 1.60. The minimum absolute atomic E-state index is 0.356. The fourth-order valence-electron chi connectivity index (χ4n) is 1.52. The van der Waals surface area contributed by atoms with Gasteiger partial charge in [-0.25, -0.2) is 0 Å². The van der Waals surface area contributed by atoms with Crippen molar-refractivity contribution in [2.75, 3.05) is 6.54 Å². The summed E-state index contributed by atoms with van der Waals surface area (Å²) in [5.41, 5.74) is 0. The molecule has 1 N–H and O–H groups in total. The van der Waals surface area contributed by atoms with Gasteiger partial charge in [-0.3, -0.25) is 4.79 Å². The lowest BCUT2D eigenvalue weighted by atomic mass is 9.78. The van der Waals surface area contributed by atoms with E-state index in [0.717, 1.165) is 19.4 Å². The quantitative estimate of drug-likeness (QED) is 0.692. The van der Waals surface area contributed by atoms with Crippen LogP contribution in [0.2, 0.25) is 0 Å². The number of Topliss-reactive ketones (excluding diaryl/α,β-unsaturated/α-hetero) is 1. The topological polar surface area (TPSA) is 29.1 Å². The summed E-state index contributed by atoms with van der Waals surface area (Å²) in [6.07, 6.45) is 2.12. The van der Waals surface area contributed by atoms with E-state index in [9.17, 15) is 4.79 Å². The molecule has 0 unspecified atom stereocenters. The van der Waals surface area contributed by atoms with Crippen LogP contribution in [0.15, 0.2) is 0 Å². The van der Waals surface area contributed by atoms with Crippen molar-refractivity contribution in [1.29, 1.82) is 0 Å². The highest BCUT2D eigenvalue weighted by atomic mass is 16.1. The molecule has 0 aromatic rings. The molecule has 0 amide bonds. The van der Waals surface area contributed by atoms with Crippen molar-refractivity contribution in [1.82, 2.24) is 5.32 Å². The third-order valence-electron chi connectivity index (χ3n) is 2.53. The van der Waals surface area contributed by atoms with Crippen LogP contribution >= 0.6 is 0 Å². The molecule has 0 aromatic heterocycles. The number of rotatable bonds is 4. The SMILES string of the molecule is CC(=O)[C@H]1C[C@@H](NCC(C)C)C1. The van der Waals surface area contributed by atoms with Gasteiger partial charge in [-0.1, -0.05) is 13.8 Å². The fourth-order valence-corrected chi connectivity index (χ4v) is 1.52. The van der Waals surface area contributed by atoms with E-state index in [-0.39, 0.29) is 0 Å². The molecule has 1 rings (SSSR count). The third-order valence-corrected chi connectivity index (χ3v) is 2.53. The molecular weight excluding hydrogens is 150 g/mol. The standard InChI is InChI=1S/C10H19NO/c1-7(2)6-11-10-4-9(5-10)8(3)12/h7,9-11H,4-6H2,1-3H3/t9-,10+. The minimum Gasteiger partial charge on any atom is -0.314 e. The smallest absolute Gasteiger partial charge is 0.133 e. The molecule has 1 aliphatic rings. The highest BCUT2D eigenvalue weighted by Gasteiger charge is 2.31. The van der Waals surface area contributed by atoms with E-state index in [2.05, 4.69) is 19.2 Å². The molecule has 0 radical (unpaired) electrons. The van der Waals surface area contributed by atoms with Crippen LogP contribution in [0, 0.1) is 11.8 Å². The van der Waals surface area contributed by atoms with Crippen LogP contribution in [-0.4, -0.2) is 18.4 Å². The zero-order valence-corrected chi connectivity index (χ0v) is 8.26. The third kappa shape index (κ3) is 2.59. The minimum atomic E-state index is 0.356. The van der Waals surface area contributed by atoms with Gasteiger partial charge in [0.25, 0.3) is 0 Å². The summed E-state index contributed by atoms with van der Waals surface area (Å²) >= 11 is 0. The Labute approximate surface area is 74.7 Å². The molecule has 1 saturated carbocycles. The normalized spacial score (nSPS) is 28.7. The Morgan fingerprint density at radius 1 is 1.50 bits per heavy atom. The summed E-state index contributed by atoms with van der Waals surface area (Å²) in [6, 6.07) is 0.612. The van der Waals surface area contributed by atoms with Crippen molar-refractivity contribution in [2.45, 2.75) is 39.7 Å². The van der Waals surface area contributed by atoms with Crippen LogP contribution < -0.4 is 5.32 Å². The molecule has 0 atom stereocenters. The van der Waals surface area contributed by atoms with Crippen molar-refractivity contribution in [3.63, 3.8) is 0 Å². The maximum Gasteiger partial charge on any atom is 0.133 e. The summed E-state index contributed by atoms with van der Waals surface area (Å²) in [7, 11) is 0. The Balaban J connectivity index is 2.06. The second-order valence-corrected chi connectivity index (χ2v) is 4.28. The van der Waals surface area contributed by atoms with Gasteiger partial charge in [0.1, 0.15) is 5.78 Å². The molecule has 0 saturated heterocycles. The Kier molecular flexibility index (Phi) is 3.27. The average Bonchev–Trinajstić information content (AvgIpc) is 1.82. The molecule has 0 aromatic carbocycles. The summed E-state index contributed by atoms with van der Waals surface area (Å²) < 4.78 is 0. The van der Waals surface area contributed by atoms with Crippen LogP contribution in [0.3, 0.4) is 0 Å². The predicted molar refractivity (Wildman–Crippen MR) is 50.0 cm³/mol. The first kappa shape index (κ1) is 9.72. The van der Waals surface area contributed by atoms with E-state index in [4.69, 9.17) is 0 Å². The molecule has 0 spiro atoms. The maximum absolute atomic E-state index is 10.9. The number of carbonyl (C=O) groups is 1. The first-order chi connectivity index (χ1) is 5.59. The Bertz CT molecular complexity index is 159. The monoisotopic (exact) mass is 169 g/mol. The molecule has 0 bridgehead atoms. The van der Waals surface area contributed by atoms with Crippen LogP contribution in [0.1, 0.15) is 33.6 Å². The van der Waals surface area contributed by atoms with E-state index < -0.39 is 0 Å². The summed E-state index contributed by atoms with van der Waals surface area (Å²) in [5, 5.41) is 3.45. The zero-order chi connectivity index (χ0) is 9.14. The first-order valence-electron chi connectivity index (χ1n) is 4.83. The van der Waals surface area contributed by atoms with Crippen molar-refractivity contribution < 1.29 is 4.79 Å². The summed E-state index contributed by atoms with van der Waals surface area (Å²) in [5.74, 6) is 1.42. The molecule has 1 fully saturated rings. The van der Waals surface area contributed by atoms with Gasteiger partial charge in [-0.05, 0) is 32.2 Å². The second kappa shape index (κ2) is 4.04.